The van der Waals surface area contributed by atoms with Crippen molar-refractivity contribution in [3.63, 3.8) is 0 Å². The Morgan fingerprint density at radius 3 is 2.95 bits per heavy atom. The first-order chi connectivity index (χ1) is 10.7. The Bertz CT molecular complexity index is 451. The van der Waals surface area contributed by atoms with Gasteiger partial charge in [-0.2, -0.15) is 0 Å². The molecule has 0 amide bonds. The van der Waals surface area contributed by atoms with Crippen molar-refractivity contribution in [2.75, 3.05) is 44.9 Å². The molecule has 0 spiro atoms. The average molecular weight is 306 g/mol. The van der Waals surface area contributed by atoms with Gasteiger partial charge in [-0.1, -0.05) is 13.0 Å². The molecule has 4 heteroatoms. The fourth-order valence-electron chi connectivity index (χ4n) is 3.02. The number of nitrogens with one attached hydrogen (secondary N) is 1. The number of methoxy groups -OCH3 is 1. The van der Waals surface area contributed by atoms with Crippen molar-refractivity contribution in [3.05, 3.63) is 23.8 Å². The summed E-state index contributed by atoms with van der Waals surface area (Å²) in [5, 5.41) is 3.38. The van der Waals surface area contributed by atoms with Crippen LogP contribution >= 0.6 is 0 Å². The maximum Gasteiger partial charge on any atom is 0.142 e. The van der Waals surface area contributed by atoms with Crippen molar-refractivity contribution in [2.24, 2.45) is 5.92 Å². The summed E-state index contributed by atoms with van der Waals surface area (Å²) in [5.41, 5.74) is 2.50. The van der Waals surface area contributed by atoms with Crippen molar-refractivity contribution in [1.82, 2.24) is 5.32 Å². The van der Waals surface area contributed by atoms with E-state index in [4.69, 9.17) is 9.47 Å². The Morgan fingerprint density at radius 1 is 1.36 bits per heavy atom. The Balaban J connectivity index is 2.05. The van der Waals surface area contributed by atoms with Gasteiger partial charge >= 0.3 is 0 Å². The van der Waals surface area contributed by atoms with Crippen molar-refractivity contribution >= 4 is 5.69 Å². The second kappa shape index (κ2) is 9.01. The summed E-state index contributed by atoms with van der Waals surface area (Å²) in [6.45, 7) is 9.80. The Hall–Kier alpha value is -1.26. The lowest BCUT2D eigenvalue weighted by molar-refractivity contribution is 0.199. The van der Waals surface area contributed by atoms with Crippen molar-refractivity contribution in [2.45, 2.75) is 33.2 Å². The largest absolute Gasteiger partial charge is 0.492 e. The van der Waals surface area contributed by atoms with E-state index in [0.29, 0.717) is 6.61 Å². The molecule has 1 aromatic carbocycles. The lowest BCUT2D eigenvalue weighted by Crippen LogP contribution is -2.34. The molecule has 0 aliphatic carbocycles. The zero-order valence-corrected chi connectivity index (χ0v) is 14.2. The molecule has 4 nitrogen and oxygen atoms in total. The molecule has 1 saturated heterocycles. The van der Waals surface area contributed by atoms with E-state index in [1.54, 1.807) is 7.11 Å². The highest BCUT2D eigenvalue weighted by Crippen LogP contribution is 2.32. The van der Waals surface area contributed by atoms with Crippen LogP contribution < -0.4 is 15.0 Å². The first-order valence-corrected chi connectivity index (χ1v) is 8.45. The third-order valence-electron chi connectivity index (χ3n) is 4.13. The number of hydrogen-bond donors (Lipinski definition) is 1. The summed E-state index contributed by atoms with van der Waals surface area (Å²) >= 11 is 0. The van der Waals surface area contributed by atoms with Crippen LogP contribution in [0.4, 0.5) is 5.69 Å². The van der Waals surface area contributed by atoms with Crippen LogP contribution in [0, 0.1) is 5.92 Å². The summed E-state index contributed by atoms with van der Waals surface area (Å²) < 4.78 is 11.0. The highest BCUT2D eigenvalue weighted by Gasteiger charge is 2.19. The van der Waals surface area contributed by atoms with Crippen LogP contribution in [0.5, 0.6) is 5.75 Å². The molecular formula is C18H30N2O2. The van der Waals surface area contributed by atoms with Crippen molar-refractivity contribution < 1.29 is 9.47 Å². The first-order valence-electron chi connectivity index (χ1n) is 8.45. The molecular weight excluding hydrogens is 276 g/mol. The molecule has 1 aliphatic rings. The zero-order valence-electron chi connectivity index (χ0n) is 14.2. The van der Waals surface area contributed by atoms with Crippen LogP contribution in [0.15, 0.2) is 18.2 Å². The minimum absolute atomic E-state index is 0.705. The number of nitrogens with zero attached hydrogens (tertiary/aromatic N) is 1. The van der Waals surface area contributed by atoms with Gasteiger partial charge in [0.2, 0.25) is 0 Å². The number of piperidine rings is 1. The minimum Gasteiger partial charge on any atom is -0.492 e. The third kappa shape index (κ3) is 4.89. The number of hydrogen-bond acceptors (Lipinski definition) is 4. The van der Waals surface area contributed by atoms with Gasteiger partial charge in [-0.25, -0.2) is 0 Å². The van der Waals surface area contributed by atoms with Gasteiger partial charge in [0.25, 0.3) is 0 Å². The van der Waals surface area contributed by atoms with Gasteiger partial charge in [-0.15, -0.1) is 0 Å². The first kappa shape index (κ1) is 17.1. The van der Waals surface area contributed by atoms with Crippen LogP contribution in [-0.2, 0) is 11.3 Å². The Labute approximate surface area is 134 Å². The summed E-state index contributed by atoms with van der Waals surface area (Å²) in [6.07, 6.45) is 2.61. The molecule has 1 aromatic rings. The molecule has 1 heterocycles. The van der Waals surface area contributed by atoms with E-state index in [2.05, 4.69) is 35.3 Å². The molecule has 1 N–H and O–H groups in total. The molecule has 1 atom stereocenters. The SMILES string of the molecule is CCOc1cc(CNCCOC)ccc1N1CCCC(C)C1. The zero-order chi connectivity index (χ0) is 15.8. The van der Waals surface area contributed by atoms with Gasteiger partial charge < -0.3 is 19.7 Å². The van der Waals surface area contributed by atoms with Gasteiger partial charge in [0.15, 0.2) is 0 Å². The van der Waals surface area contributed by atoms with E-state index in [9.17, 15) is 0 Å². The average Bonchev–Trinajstić information content (AvgIpc) is 2.52. The maximum absolute atomic E-state index is 5.90. The standard InChI is InChI=1S/C18H30N2O2/c1-4-22-18-12-16(13-19-9-11-21-3)7-8-17(18)20-10-5-6-15(2)14-20/h7-8,12,15,19H,4-6,9-11,13-14H2,1-3H3. The van der Waals surface area contributed by atoms with E-state index in [1.165, 1.54) is 24.1 Å². The van der Waals surface area contributed by atoms with E-state index in [0.717, 1.165) is 44.5 Å². The van der Waals surface area contributed by atoms with Crippen LogP contribution in [0.2, 0.25) is 0 Å². The molecule has 2 rings (SSSR count). The van der Waals surface area contributed by atoms with Crippen LogP contribution in [0.1, 0.15) is 32.3 Å². The summed E-state index contributed by atoms with van der Waals surface area (Å²) in [4.78, 5) is 2.47. The van der Waals surface area contributed by atoms with Gasteiger partial charge in [0.05, 0.1) is 18.9 Å². The number of benzene rings is 1. The molecule has 1 aliphatic heterocycles. The molecule has 22 heavy (non-hydrogen) atoms. The highest BCUT2D eigenvalue weighted by molar-refractivity contribution is 5.60. The monoisotopic (exact) mass is 306 g/mol. The van der Waals surface area contributed by atoms with Gasteiger partial charge in [-0.05, 0) is 43.4 Å². The van der Waals surface area contributed by atoms with Crippen LogP contribution in [-0.4, -0.2) is 40.0 Å². The quantitative estimate of drug-likeness (QED) is 0.749. The van der Waals surface area contributed by atoms with Crippen molar-refractivity contribution in [3.8, 4) is 5.75 Å². The summed E-state index contributed by atoms with van der Waals surface area (Å²) in [7, 11) is 1.73. The fraction of sp³-hybridized carbons (Fsp3) is 0.667. The lowest BCUT2D eigenvalue weighted by atomic mass is 9.99. The Kier molecular flexibility index (Phi) is 7.00. The molecule has 1 fully saturated rings. The third-order valence-corrected chi connectivity index (χ3v) is 4.13. The lowest BCUT2D eigenvalue weighted by Gasteiger charge is -2.34. The maximum atomic E-state index is 5.90. The smallest absolute Gasteiger partial charge is 0.142 e. The van der Waals surface area contributed by atoms with Crippen LogP contribution in [0.3, 0.4) is 0 Å². The van der Waals surface area contributed by atoms with Crippen LogP contribution in [0.25, 0.3) is 0 Å². The van der Waals surface area contributed by atoms with E-state index >= 15 is 0 Å². The number of ether oxygens (including phenoxy) is 2. The number of rotatable bonds is 8. The predicted molar refractivity (Wildman–Crippen MR) is 91.8 cm³/mol. The highest BCUT2D eigenvalue weighted by atomic mass is 16.5. The fourth-order valence-corrected chi connectivity index (χ4v) is 3.02. The molecule has 0 saturated carbocycles. The summed E-state index contributed by atoms with van der Waals surface area (Å²) in [5.74, 6) is 1.78. The topological polar surface area (TPSA) is 33.7 Å². The molecule has 0 bridgehead atoms. The minimum atomic E-state index is 0.705. The number of anilines is 1. The molecule has 0 aromatic heterocycles. The van der Waals surface area contributed by atoms with E-state index in [-0.39, 0.29) is 0 Å². The van der Waals surface area contributed by atoms with E-state index < -0.39 is 0 Å². The second-order valence-electron chi connectivity index (χ2n) is 6.10. The van der Waals surface area contributed by atoms with Gasteiger partial charge in [-0.3, -0.25) is 0 Å². The van der Waals surface area contributed by atoms with Crippen molar-refractivity contribution in [1.29, 1.82) is 0 Å². The normalized spacial score (nSPS) is 18.5. The molecule has 1 unspecified atom stereocenters. The van der Waals surface area contributed by atoms with Gasteiger partial charge in [0, 0.05) is 33.3 Å². The molecule has 0 radical (unpaired) electrons. The Morgan fingerprint density at radius 2 is 2.23 bits per heavy atom. The molecule has 124 valence electrons. The summed E-state index contributed by atoms with van der Waals surface area (Å²) in [6, 6.07) is 6.60. The van der Waals surface area contributed by atoms with E-state index in [1.807, 2.05) is 6.92 Å². The predicted octanol–water partition coefficient (Wildman–Crippen LogP) is 3.06. The second-order valence-corrected chi connectivity index (χ2v) is 6.10. The van der Waals surface area contributed by atoms with Gasteiger partial charge in [0.1, 0.15) is 5.75 Å².